The van der Waals surface area contributed by atoms with Crippen molar-refractivity contribution in [3.63, 3.8) is 0 Å². The van der Waals surface area contributed by atoms with Crippen LogP contribution in [0.15, 0.2) is 30.8 Å². The van der Waals surface area contributed by atoms with E-state index in [-0.39, 0.29) is 103 Å². The fraction of sp³-hybridized carbons (Fsp3) is 0.231. The van der Waals surface area contributed by atoms with Gasteiger partial charge < -0.3 is 15.9 Å². The predicted molar refractivity (Wildman–Crippen MR) is 82.6 cm³/mol. The average molecular weight is 331 g/mol. The Labute approximate surface area is 204 Å². The molecule has 1 rings (SSSR count). The van der Waals surface area contributed by atoms with Crippen LogP contribution in [0.2, 0.25) is 0 Å². The summed E-state index contributed by atoms with van der Waals surface area (Å²) in [7, 11) is 0. The van der Waals surface area contributed by atoms with E-state index in [4.69, 9.17) is 25.5 Å². The third-order valence-electron chi connectivity index (χ3n) is 1.45. The van der Waals surface area contributed by atoms with E-state index in [2.05, 4.69) is 6.58 Å². The van der Waals surface area contributed by atoms with Gasteiger partial charge in [-0.1, -0.05) is 36.9 Å². The Morgan fingerprint density at radius 2 is 1.40 bits per heavy atom. The monoisotopic (exact) mass is 331 g/mol. The molecule has 0 amide bonds. The molecule has 0 fully saturated rings. The van der Waals surface area contributed by atoms with Gasteiger partial charge in [-0.05, 0) is 11.1 Å². The molecule has 1 aromatic rings. The standard InChI is InChI=1S/C9H11N.2C2H4O2.2K/c1-2-8-3-5-9(7-10)6-4-8;2*1-2(3)4;;/h2-6H,1,7,10H2;2*1H3,(H,3,4);;. The van der Waals surface area contributed by atoms with Crippen molar-refractivity contribution < 1.29 is 19.8 Å². The minimum atomic E-state index is -0.833. The molecule has 0 unspecified atom stereocenters. The van der Waals surface area contributed by atoms with Crippen LogP contribution in [-0.4, -0.2) is 125 Å². The quantitative estimate of drug-likeness (QED) is 0.707. The molecule has 0 aliphatic carbocycles. The Kier molecular flexibility index (Phi) is 29.4. The first kappa shape index (κ1) is 29.2. The minimum Gasteiger partial charge on any atom is -0.481 e. The largest absolute Gasteiger partial charge is 0.481 e. The molecule has 0 aromatic heterocycles. The average Bonchev–Trinajstić information content (AvgIpc) is 2.28. The second-order valence-corrected chi connectivity index (χ2v) is 3.19. The van der Waals surface area contributed by atoms with Crippen LogP contribution in [0.1, 0.15) is 25.0 Å². The fourth-order valence-corrected chi connectivity index (χ4v) is 0.790. The number of hydrogen-bond donors (Lipinski definition) is 3. The summed E-state index contributed by atoms with van der Waals surface area (Å²) in [4.78, 5) is 18.0. The van der Waals surface area contributed by atoms with E-state index < -0.39 is 11.9 Å². The van der Waals surface area contributed by atoms with Crippen LogP contribution >= 0.6 is 0 Å². The van der Waals surface area contributed by atoms with Crippen molar-refractivity contribution in [2.24, 2.45) is 5.73 Å². The van der Waals surface area contributed by atoms with Gasteiger partial charge in [0.2, 0.25) is 0 Å². The first-order valence-electron chi connectivity index (χ1n) is 5.14. The summed E-state index contributed by atoms with van der Waals surface area (Å²) < 4.78 is 0. The van der Waals surface area contributed by atoms with Gasteiger partial charge in [0.15, 0.2) is 0 Å². The Bertz CT molecular complexity index is 360. The van der Waals surface area contributed by atoms with Gasteiger partial charge in [0, 0.05) is 123 Å². The molecule has 7 heteroatoms. The molecule has 5 nitrogen and oxygen atoms in total. The molecule has 2 radical (unpaired) electrons. The molecule has 102 valence electrons. The number of carbonyl (C=O) groups is 2. The molecule has 4 N–H and O–H groups in total. The molecule has 0 saturated heterocycles. The van der Waals surface area contributed by atoms with Crippen LogP contribution in [-0.2, 0) is 16.1 Å². The molecule has 0 aliphatic heterocycles. The van der Waals surface area contributed by atoms with Crippen LogP contribution in [0.3, 0.4) is 0 Å². The summed E-state index contributed by atoms with van der Waals surface area (Å²) in [5.74, 6) is -1.67. The molecule has 0 spiro atoms. The van der Waals surface area contributed by atoms with Crippen LogP contribution in [0, 0.1) is 0 Å². The van der Waals surface area contributed by atoms with Crippen LogP contribution in [0.5, 0.6) is 0 Å². The van der Waals surface area contributed by atoms with Gasteiger partial charge in [0.05, 0.1) is 0 Å². The zero-order valence-corrected chi connectivity index (χ0v) is 18.8. The molecule has 0 atom stereocenters. The second kappa shape index (κ2) is 20.1. The Morgan fingerprint density at radius 1 is 1.10 bits per heavy atom. The van der Waals surface area contributed by atoms with E-state index in [1.165, 1.54) is 0 Å². The summed E-state index contributed by atoms with van der Waals surface area (Å²) in [6.07, 6.45) is 1.82. The topological polar surface area (TPSA) is 101 Å². The molecule has 1 aromatic carbocycles. The molecule has 0 bridgehead atoms. The van der Waals surface area contributed by atoms with Crippen LogP contribution in [0.25, 0.3) is 6.08 Å². The molecular formula is C13H19K2NO4. The van der Waals surface area contributed by atoms with Crippen molar-refractivity contribution in [3.8, 4) is 0 Å². The van der Waals surface area contributed by atoms with Crippen molar-refractivity contribution in [1.82, 2.24) is 0 Å². The summed E-state index contributed by atoms with van der Waals surface area (Å²) in [5, 5.41) is 14.8. The van der Waals surface area contributed by atoms with Gasteiger partial charge in [0.25, 0.3) is 11.9 Å². The van der Waals surface area contributed by atoms with Gasteiger partial charge in [-0.2, -0.15) is 0 Å². The normalized spacial score (nSPS) is 7.15. The smallest absolute Gasteiger partial charge is 0.300 e. The van der Waals surface area contributed by atoms with Crippen LogP contribution < -0.4 is 5.73 Å². The van der Waals surface area contributed by atoms with E-state index in [1.54, 1.807) is 0 Å². The van der Waals surface area contributed by atoms with E-state index >= 15 is 0 Å². The summed E-state index contributed by atoms with van der Waals surface area (Å²) in [6, 6.07) is 8.04. The molecular weight excluding hydrogens is 312 g/mol. The number of aliphatic carboxylic acids is 2. The van der Waals surface area contributed by atoms with Crippen molar-refractivity contribution in [2.75, 3.05) is 0 Å². The first-order valence-corrected chi connectivity index (χ1v) is 5.14. The maximum Gasteiger partial charge on any atom is 0.300 e. The zero-order valence-electron chi connectivity index (χ0n) is 12.6. The Balaban J connectivity index is -0.000000110. The van der Waals surface area contributed by atoms with Crippen LogP contribution in [0.4, 0.5) is 0 Å². The van der Waals surface area contributed by atoms with E-state index in [0.29, 0.717) is 6.54 Å². The number of nitrogens with two attached hydrogens (primary N) is 1. The third kappa shape index (κ3) is 27.5. The van der Waals surface area contributed by atoms with Gasteiger partial charge >= 0.3 is 0 Å². The van der Waals surface area contributed by atoms with Gasteiger partial charge in [-0.3, -0.25) is 9.59 Å². The second-order valence-electron chi connectivity index (χ2n) is 3.19. The summed E-state index contributed by atoms with van der Waals surface area (Å²) in [5.41, 5.74) is 7.71. The molecule has 0 saturated carbocycles. The fourth-order valence-electron chi connectivity index (χ4n) is 0.790. The van der Waals surface area contributed by atoms with Crippen molar-refractivity contribution in [2.45, 2.75) is 20.4 Å². The SMILES string of the molecule is C=Cc1ccc(CN)cc1.CC(=O)O.CC(=O)O.[K].[K]. The van der Waals surface area contributed by atoms with Gasteiger partial charge in [0.1, 0.15) is 0 Å². The number of hydrogen-bond acceptors (Lipinski definition) is 3. The van der Waals surface area contributed by atoms with Gasteiger partial charge in [-0.15, -0.1) is 0 Å². The molecule has 0 aliphatic rings. The number of benzene rings is 1. The number of rotatable bonds is 2. The first-order chi connectivity index (χ1) is 8.33. The van der Waals surface area contributed by atoms with Crippen molar-refractivity contribution in [3.05, 3.63) is 42.0 Å². The Hall–Kier alpha value is 1.13. The van der Waals surface area contributed by atoms with Crippen molar-refractivity contribution >= 4 is 121 Å². The maximum absolute atomic E-state index is 9.00. The number of carboxylic acids is 2. The summed E-state index contributed by atoms with van der Waals surface area (Å²) >= 11 is 0. The van der Waals surface area contributed by atoms with E-state index in [9.17, 15) is 0 Å². The predicted octanol–water partition coefficient (Wildman–Crippen LogP) is 1.21. The van der Waals surface area contributed by atoms with E-state index in [1.807, 2.05) is 30.3 Å². The zero-order chi connectivity index (χ0) is 14.6. The van der Waals surface area contributed by atoms with Crippen molar-refractivity contribution in [1.29, 1.82) is 0 Å². The molecule has 20 heavy (non-hydrogen) atoms. The van der Waals surface area contributed by atoms with Gasteiger partial charge in [-0.25, -0.2) is 0 Å². The summed E-state index contributed by atoms with van der Waals surface area (Å²) in [6.45, 7) is 6.43. The molecule has 0 heterocycles. The minimum absolute atomic E-state index is 0. The van der Waals surface area contributed by atoms with E-state index in [0.717, 1.165) is 25.0 Å². The maximum atomic E-state index is 9.00. The number of carboxylic acid groups (broad SMARTS) is 2. The Morgan fingerprint density at radius 3 is 1.60 bits per heavy atom. The third-order valence-corrected chi connectivity index (χ3v) is 1.45.